The largest absolute Gasteiger partial charge is 0.460 e. The first-order valence-corrected chi connectivity index (χ1v) is 22.5. The minimum absolute atomic E-state index is 0.000432. The van der Waals surface area contributed by atoms with E-state index in [0.717, 1.165) is 42.1 Å². The lowest BCUT2D eigenvalue weighted by Gasteiger charge is -2.31. The lowest BCUT2D eigenvalue weighted by atomic mass is 10.00. The summed E-state index contributed by atoms with van der Waals surface area (Å²) in [5.74, 6) is -3.44. The van der Waals surface area contributed by atoms with Crippen LogP contribution in [0, 0.1) is 17.8 Å². The minimum atomic E-state index is -1.19. The predicted octanol–water partition coefficient (Wildman–Crippen LogP) is 4.57. The summed E-state index contributed by atoms with van der Waals surface area (Å²) in [7, 11) is 0. The van der Waals surface area contributed by atoms with Gasteiger partial charge in [0, 0.05) is 30.1 Å². The summed E-state index contributed by atoms with van der Waals surface area (Å²) < 4.78 is 6.13. The molecule has 3 heterocycles. The summed E-state index contributed by atoms with van der Waals surface area (Å²) in [5.41, 5.74) is 1.62. The van der Waals surface area contributed by atoms with Crippen LogP contribution < -0.4 is 26.6 Å². The molecule has 3 unspecified atom stereocenters. The Kier molecular flexibility index (Phi) is 18.6. The Bertz CT molecular complexity index is 1830. The first kappa shape index (κ1) is 48.7. The number of benzene rings is 1. The molecule has 0 saturated carbocycles. The van der Waals surface area contributed by atoms with Crippen LogP contribution in [0.1, 0.15) is 132 Å². The van der Waals surface area contributed by atoms with Gasteiger partial charge in [-0.25, -0.2) is 4.79 Å². The van der Waals surface area contributed by atoms with E-state index in [1.165, 1.54) is 18.7 Å². The number of unbranched alkanes of at least 4 members (excludes halogenated alkanes) is 3. The van der Waals surface area contributed by atoms with Gasteiger partial charge in [0.05, 0.1) is 6.42 Å². The fourth-order valence-electron chi connectivity index (χ4n) is 8.15. The van der Waals surface area contributed by atoms with E-state index in [1.807, 2.05) is 52.0 Å². The molecule has 2 aromatic rings. The fraction of sp³-hybridized carbons (Fsp3) is 0.674. The highest BCUT2D eigenvalue weighted by Crippen LogP contribution is 2.23. The first-order chi connectivity index (χ1) is 28.9. The van der Waals surface area contributed by atoms with Gasteiger partial charge in [-0.1, -0.05) is 85.4 Å². The molecule has 61 heavy (non-hydrogen) atoms. The molecule has 0 aliphatic carbocycles. The monoisotopic (exact) mass is 850 g/mol. The zero-order chi connectivity index (χ0) is 44.8. The number of nitrogens with one attached hydrogen (secondary N) is 6. The third-order valence-corrected chi connectivity index (χ3v) is 11.5. The van der Waals surface area contributed by atoms with Crippen molar-refractivity contribution in [1.82, 2.24) is 36.5 Å². The Hall–Kier alpha value is -4.95. The van der Waals surface area contributed by atoms with Crippen LogP contribution in [-0.2, 0) is 44.7 Å². The van der Waals surface area contributed by atoms with Crippen LogP contribution >= 0.6 is 0 Å². The zero-order valence-electron chi connectivity index (χ0n) is 37.6. The molecule has 7 atom stereocenters. The van der Waals surface area contributed by atoms with Crippen LogP contribution in [0.5, 0.6) is 0 Å². The molecule has 0 radical (unpaired) electrons. The van der Waals surface area contributed by atoms with Crippen molar-refractivity contribution in [2.75, 3.05) is 6.54 Å². The molecule has 6 amide bonds. The number of fused-ring (bicyclic) bond motifs is 2. The Morgan fingerprint density at radius 3 is 2.02 bits per heavy atom. The molecule has 2 aliphatic heterocycles. The van der Waals surface area contributed by atoms with Crippen molar-refractivity contribution in [2.24, 2.45) is 17.8 Å². The second-order valence-electron chi connectivity index (χ2n) is 18.4. The molecule has 1 aromatic carbocycles. The summed E-state index contributed by atoms with van der Waals surface area (Å²) in [6.07, 6.45) is 7.28. The number of ether oxygens (including phenoxy) is 1. The van der Waals surface area contributed by atoms with Crippen molar-refractivity contribution in [2.45, 2.75) is 175 Å². The van der Waals surface area contributed by atoms with Gasteiger partial charge in [0.25, 0.3) is 0 Å². The van der Waals surface area contributed by atoms with Crippen LogP contribution in [0.25, 0.3) is 10.9 Å². The highest BCUT2D eigenvalue weighted by molar-refractivity contribution is 5.97. The summed E-state index contributed by atoms with van der Waals surface area (Å²) in [5, 5.41) is 14.8. The van der Waals surface area contributed by atoms with Crippen molar-refractivity contribution in [1.29, 1.82) is 0 Å². The van der Waals surface area contributed by atoms with E-state index in [0.29, 0.717) is 31.6 Å². The topological polar surface area (TPSA) is 208 Å². The smallest absolute Gasteiger partial charge is 0.329 e. The Morgan fingerprint density at radius 1 is 0.689 bits per heavy atom. The van der Waals surface area contributed by atoms with Gasteiger partial charge in [-0.2, -0.15) is 0 Å². The van der Waals surface area contributed by atoms with Crippen molar-refractivity contribution < 1.29 is 38.3 Å². The molecule has 2 saturated heterocycles. The van der Waals surface area contributed by atoms with Gasteiger partial charge < -0.3 is 41.2 Å². The van der Waals surface area contributed by atoms with E-state index in [2.05, 4.69) is 45.4 Å². The van der Waals surface area contributed by atoms with Gasteiger partial charge in [-0.3, -0.25) is 28.8 Å². The van der Waals surface area contributed by atoms with Crippen LogP contribution in [-0.4, -0.2) is 100 Å². The van der Waals surface area contributed by atoms with E-state index in [4.69, 9.17) is 4.74 Å². The Morgan fingerprint density at radius 2 is 1.31 bits per heavy atom. The van der Waals surface area contributed by atoms with E-state index in [-0.39, 0.29) is 44.1 Å². The van der Waals surface area contributed by atoms with E-state index < -0.39 is 83.8 Å². The third kappa shape index (κ3) is 14.9. The summed E-state index contributed by atoms with van der Waals surface area (Å²) >= 11 is 0. The molecule has 15 heteroatoms. The second kappa shape index (κ2) is 23.3. The van der Waals surface area contributed by atoms with Gasteiger partial charge in [0.1, 0.15) is 42.4 Å². The predicted molar refractivity (Wildman–Crippen MR) is 234 cm³/mol. The van der Waals surface area contributed by atoms with E-state index >= 15 is 0 Å². The average Bonchev–Trinajstić information content (AvgIpc) is 3.85. The standard InChI is InChI=1S/C46H71N7O8/c1-27(2)16-11-9-10-12-17-33-25-40(54)48-30(7)41(55)49-31(8)42(56)51-37(23-29(5)6)45(59)53-21-15-20-39(53)44(58)50-36(22-28(3)4)43(57)52-38(46(60)61-33)24-32-26-47-35-19-14-13-18-34(32)35/h13-14,18-19,26-31,33,36-39,47H,9-12,15-17,20-25H2,1-8H3,(H,48,54)(H,49,55)(H,50,58)(H,51,56)(H,52,57)/t30-,31-,33?,36?,37?,38+,39+/m1/s1. The second-order valence-corrected chi connectivity index (χ2v) is 18.4. The fourth-order valence-corrected chi connectivity index (χ4v) is 8.15. The minimum Gasteiger partial charge on any atom is -0.460 e. The van der Waals surface area contributed by atoms with E-state index in [9.17, 15) is 33.6 Å². The first-order valence-electron chi connectivity index (χ1n) is 22.5. The number of esters is 1. The van der Waals surface area contributed by atoms with Crippen molar-refractivity contribution in [3.05, 3.63) is 36.0 Å². The van der Waals surface area contributed by atoms with Gasteiger partial charge in [0.15, 0.2) is 0 Å². The number of para-hydroxylation sites is 1. The number of H-pyrrole nitrogens is 1. The van der Waals surface area contributed by atoms with Crippen LogP contribution in [0.2, 0.25) is 0 Å². The Balaban J connectivity index is 1.70. The van der Waals surface area contributed by atoms with Crippen LogP contribution in [0.3, 0.4) is 0 Å². The molecular formula is C46H71N7O8. The maximum Gasteiger partial charge on any atom is 0.329 e. The number of cyclic esters (lactones) is 1. The molecule has 1 aromatic heterocycles. The lowest BCUT2D eigenvalue weighted by molar-refractivity contribution is -0.155. The number of hydrogen-bond donors (Lipinski definition) is 6. The maximum absolute atomic E-state index is 14.4. The normalized spacial score (nSPS) is 25.7. The summed E-state index contributed by atoms with van der Waals surface area (Å²) in [6, 6.07) is 1.40. The third-order valence-electron chi connectivity index (χ3n) is 11.5. The van der Waals surface area contributed by atoms with Crippen molar-refractivity contribution in [3.63, 3.8) is 0 Å². The van der Waals surface area contributed by atoms with Crippen molar-refractivity contribution >= 4 is 52.3 Å². The molecule has 338 valence electrons. The SMILES string of the molecule is CC(C)CCCCCCC1CC(=O)N[C@H](C)C(=O)N[C@H](C)C(=O)NC(CC(C)C)C(=O)N2CCC[C@H]2C(=O)NC(CC(C)C)C(=O)N[C@@H](Cc2c[nH]c3ccccc23)C(=O)O1. The van der Waals surface area contributed by atoms with Gasteiger partial charge >= 0.3 is 5.97 Å². The molecule has 4 rings (SSSR count). The molecule has 0 spiro atoms. The Labute approximate surface area is 361 Å². The van der Waals surface area contributed by atoms with Crippen LogP contribution in [0.4, 0.5) is 0 Å². The van der Waals surface area contributed by atoms with Gasteiger partial charge in [-0.15, -0.1) is 0 Å². The van der Waals surface area contributed by atoms with Crippen molar-refractivity contribution in [3.8, 4) is 0 Å². The molecule has 2 fully saturated rings. The van der Waals surface area contributed by atoms with Gasteiger partial charge in [-0.05, 0) is 81.8 Å². The molecule has 0 bridgehead atoms. The lowest BCUT2D eigenvalue weighted by Crippen LogP contribution is -2.59. The zero-order valence-corrected chi connectivity index (χ0v) is 37.6. The molecule has 2 aliphatic rings. The average molecular weight is 850 g/mol. The molecule has 6 N–H and O–H groups in total. The molecular weight excluding hydrogens is 779 g/mol. The van der Waals surface area contributed by atoms with E-state index in [1.54, 1.807) is 6.20 Å². The van der Waals surface area contributed by atoms with Crippen LogP contribution in [0.15, 0.2) is 30.5 Å². The number of nitrogens with zero attached hydrogens (tertiary/aromatic N) is 1. The quantitative estimate of drug-likeness (QED) is 0.124. The number of aromatic nitrogens is 1. The number of rotatable bonds is 13. The molecule has 15 nitrogen and oxygen atoms in total. The summed E-state index contributed by atoms with van der Waals surface area (Å²) in [6.45, 7) is 15.3. The van der Waals surface area contributed by atoms with Gasteiger partial charge in [0.2, 0.25) is 35.4 Å². The highest BCUT2D eigenvalue weighted by Gasteiger charge is 2.40. The number of amides is 6. The number of aromatic amines is 1. The summed E-state index contributed by atoms with van der Waals surface area (Å²) in [4.78, 5) is 102. The highest BCUT2D eigenvalue weighted by atomic mass is 16.5. The number of hydrogen-bond acceptors (Lipinski definition) is 8. The number of carbonyl (C=O) groups excluding carboxylic acids is 7. The number of carbonyl (C=O) groups is 7. The maximum atomic E-state index is 14.4.